The first-order valence-corrected chi connectivity index (χ1v) is 7.15. The third-order valence-electron chi connectivity index (χ3n) is 3.55. The Balaban J connectivity index is 1.99. The van der Waals surface area contributed by atoms with Crippen LogP contribution in [0.25, 0.3) is 11.0 Å². The van der Waals surface area contributed by atoms with Gasteiger partial charge in [-0.15, -0.1) is 0 Å². The van der Waals surface area contributed by atoms with E-state index in [0.29, 0.717) is 22.8 Å². The molecule has 5 heteroatoms. The molecular formula is C18H17NO4. The molecule has 1 aromatic heterocycles. The van der Waals surface area contributed by atoms with E-state index >= 15 is 0 Å². The van der Waals surface area contributed by atoms with Crippen molar-refractivity contribution in [1.29, 1.82) is 0 Å². The van der Waals surface area contributed by atoms with E-state index in [2.05, 4.69) is 5.32 Å². The predicted octanol–water partition coefficient (Wildman–Crippen LogP) is 4.40. The second-order valence-electron chi connectivity index (χ2n) is 5.09. The molecule has 0 amide bonds. The SMILES string of the molecule is COc1ccc(Nc2cccc3cc(C(C)=O)oc23)cc1OC. The first-order chi connectivity index (χ1) is 11.1. The Hall–Kier alpha value is -2.95. The lowest BCUT2D eigenvalue weighted by Gasteiger charge is -2.11. The summed E-state index contributed by atoms with van der Waals surface area (Å²) < 4.78 is 16.2. The lowest BCUT2D eigenvalue weighted by Crippen LogP contribution is -1.94. The van der Waals surface area contributed by atoms with Crippen molar-refractivity contribution in [3.63, 3.8) is 0 Å². The molecular weight excluding hydrogens is 294 g/mol. The van der Waals surface area contributed by atoms with Gasteiger partial charge in [0.2, 0.25) is 0 Å². The number of Topliss-reactive ketones (excluding diaryl/α,β-unsaturated/α-hetero) is 1. The van der Waals surface area contributed by atoms with Crippen LogP contribution >= 0.6 is 0 Å². The van der Waals surface area contributed by atoms with Crippen molar-refractivity contribution in [2.45, 2.75) is 6.92 Å². The predicted molar refractivity (Wildman–Crippen MR) is 89.0 cm³/mol. The second kappa shape index (κ2) is 6.04. The number of rotatable bonds is 5. The van der Waals surface area contributed by atoms with E-state index in [4.69, 9.17) is 13.9 Å². The van der Waals surface area contributed by atoms with Crippen LogP contribution in [-0.4, -0.2) is 20.0 Å². The largest absolute Gasteiger partial charge is 0.493 e. The Bertz CT molecular complexity index is 867. The van der Waals surface area contributed by atoms with Crippen LogP contribution in [-0.2, 0) is 0 Å². The number of hydrogen-bond acceptors (Lipinski definition) is 5. The zero-order valence-electron chi connectivity index (χ0n) is 13.2. The Labute approximate surface area is 133 Å². The minimum absolute atomic E-state index is 0.0988. The van der Waals surface area contributed by atoms with Gasteiger partial charge < -0.3 is 19.2 Å². The van der Waals surface area contributed by atoms with Gasteiger partial charge in [0.15, 0.2) is 28.6 Å². The summed E-state index contributed by atoms with van der Waals surface area (Å²) in [6.07, 6.45) is 0. The van der Waals surface area contributed by atoms with Gasteiger partial charge in [-0.1, -0.05) is 12.1 Å². The monoisotopic (exact) mass is 311 g/mol. The van der Waals surface area contributed by atoms with E-state index in [1.165, 1.54) is 6.92 Å². The Morgan fingerprint density at radius 2 is 1.83 bits per heavy atom. The van der Waals surface area contributed by atoms with Crippen LogP contribution in [0.5, 0.6) is 11.5 Å². The van der Waals surface area contributed by atoms with E-state index < -0.39 is 0 Å². The van der Waals surface area contributed by atoms with Crippen molar-refractivity contribution in [3.8, 4) is 11.5 Å². The summed E-state index contributed by atoms with van der Waals surface area (Å²) in [6, 6.07) is 13.0. The standard InChI is InChI=1S/C18H17NO4/c1-11(20)16-9-12-5-4-6-14(18(12)23-16)19-13-7-8-15(21-2)17(10-13)22-3/h4-10,19H,1-3H3. The van der Waals surface area contributed by atoms with Crippen LogP contribution in [0, 0.1) is 0 Å². The molecule has 2 aromatic carbocycles. The quantitative estimate of drug-likeness (QED) is 0.708. The van der Waals surface area contributed by atoms with Crippen molar-refractivity contribution in [3.05, 3.63) is 48.2 Å². The van der Waals surface area contributed by atoms with Crippen LogP contribution in [0.4, 0.5) is 11.4 Å². The van der Waals surface area contributed by atoms with Gasteiger partial charge in [0, 0.05) is 24.1 Å². The Morgan fingerprint density at radius 1 is 1.04 bits per heavy atom. The fraction of sp³-hybridized carbons (Fsp3) is 0.167. The third kappa shape index (κ3) is 2.85. The second-order valence-corrected chi connectivity index (χ2v) is 5.09. The molecule has 0 radical (unpaired) electrons. The van der Waals surface area contributed by atoms with Gasteiger partial charge in [0.05, 0.1) is 19.9 Å². The molecule has 23 heavy (non-hydrogen) atoms. The number of carbonyl (C=O) groups is 1. The molecule has 1 heterocycles. The summed E-state index contributed by atoms with van der Waals surface area (Å²) in [5, 5.41) is 4.16. The molecule has 3 rings (SSSR count). The number of fused-ring (bicyclic) bond motifs is 1. The zero-order valence-corrected chi connectivity index (χ0v) is 13.2. The van der Waals surface area contributed by atoms with Crippen molar-refractivity contribution in [2.24, 2.45) is 0 Å². The van der Waals surface area contributed by atoms with Crippen LogP contribution < -0.4 is 14.8 Å². The van der Waals surface area contributed by atoms with Gasteiger partial charge in [0.25, 0.3) is 0 Å². The number of ketones is 1. The van der Waals surface area contributed by atoms with Crippen LogP contribution in [0.15, 0.2) is 46.9 Å². The molecule has 0 aliphatic rings. The molecule has 5 nitrogen and oxygen atoms in total. The van der Waals surface area contributed by atoms with Crippen LogP contribution in [0.2, 0.25) is 0 Å². The molecule has 0 saturated heterocycles. The van der Waals surface area contributed by atoms with Gasteiger partial charge in [-0.05, 0) is 24.3 Å². The number of anilines is 2. The number of benzene rings is 2. The van der Waals surface area contributed by atoms with Crippen molar-refractivity contribution in [1.82, 2.24) is 0 Å². The fourth-order valence-electron chi connectivity index (χ4n) is 2.40. The minimum atomic E-state index is -0.0988. The van der Waals surface area contributed by atoms with Crippen molar-refractivity contribution in [2.75, 3.05) is 19.5 Å². The average Bonchev–Trinajstić information content (AvgIpc) is 3.00. The highest BCUT2D eigenvalue weighted by atomic mass is 16.5. The molecule has 1 N–H and O–H groups in total. The van der Waals surface area contributed by atoms with E-state index in [9.17, 15) is 4.79 Å². The lowest BCUT2D eigenvalue weighted by atomic mass is 10.2. The fourth-order valence-corrected chi connectivity index (χ4v) is 2.40. The van der Waals surface area contributed by atoms with Gasteiger partial charge >= 0.3 is 0 Å². The molecule has 0 bridgehead atoms. The third-order valence-corrected chi connectivity index (χ3v) is 3.55. The molecule has 0 atom stereocenters. The van der Waals surface area contributed by atoms with E-state index in [1.807, 2.05) is 36.4 Å². The van der Waals surface area contributed by atoms with Crippen molar-refractivity contribution >= 4 is 28.1 Å². The molecule has 0 unspecified atom stereocenters. The summed E-state index contributed by atoms with van der Waals surface area (Å²) in [5.41, 5.74) is 2.26. The molecule has 3 aromatic rings. The molecule has 0 saturated carbocycles. The van der Waals surface area contributed by atoms with Crippen LogP contribution in [0.1, 0.15) is 17.5 Å². The zero-order chi connectivity index (χ0) is 16.4. The topological polar surface area (TPSA) is 60.7 Å². The van der Waals surface area contributed by atoms with E-state index in [1.54, 1.807) is 20.3 Å². The van der Waals surface area contributed by atoms with Crippen molar-refractivity contribution < 1.29 is 18.7 Å². The van der Waals surface area contributed by atoms with E-state index in [0.717, 1.165) is 16.8 Å². The van der Waals surface area contributed by atoms with E-state index in [-0.39, 0.29) is 5.78 Å². The summed E-state index contributed by atoms with van der Waals surface area (Å²) in [5.74, 6) is 1.54. The summed E-state index contributed by atoms with van der Waals surface area (Å²) in [7, 11) is 3.19. The highest BCUT2D eigenvalue weighted by molar-refractivity contribution is 5.99. The molecule has 0 fully saturated rings. The summed E-state index contributed by atoms with van der Waals surface area (Å²) in [4.78, 5) is 11.5. The lowest BCUT2D eigenvalue weighted by molar-refractivity contribution is 0.0989. The first-order valence-electron chi connectivity index (χ1n) is 7.15. The highest BCUT2D eigenvalue weighted by Crippen LogP contribution is 2.33. The number of methoxy groups -OCH3 is 2. The number of carbonyl (C=O) groups excluding carboxylic acids is 1. The van der Waals surface area contributed by atoms with Crippen LogP contribution in [0.3, 0.4) is 0 Å². The average molecular weight is 311 g/mol. The minimum Gasteiger partial charge on any atom is -0.493 e. The van der Waals surface area contributed by atoms with Gasteiger partial charge in [-0.25, -0.2) is 0 Å². The van der Waals surface area contributed by atoms with Gasteiger partial charge in [-0.3, -0.25) is 4.79 Å². The molecule has 0 aliphatic carbocycles. The molecule has 118 valence electrons. The maximum atomic E-state index is 11.5. The smallest absolute Gasteiger partial charge is 0.194 e. The number of para-hydroxylation sites is 1. The van der Waals surface area contributed by atoms with Gasteiger partial charge in [0.1, 0.15) is 0 Å². The summed E-state index contributed by atoms with van der Waals surface area (Å²) >= 11 is 0. The molecule has 0 spiro atoms. The summed E-state index contributed by atoms with van der Waals surface area (Å²) in [6.45, 7) is 1.49. The first kappa shape index (κ1) is 15.0. The van der Waals surface area contributed by atoms with Gasteiger partial charge in [-0.2, -0.15) is 0 Å². The Morgan fingerprint density at radius 3 is 2.52 bits per heavy atom. The normalized spacial score (nSPS) is 10.6. The number of ether oxygens (including phenoxy) is 2. The highest BCUT2D eigenvalue weighted by Gasteiger charge is 2.12. The number of hydrogen-bond donors (Lipinski definition) is 1. The number of furan rings is 1. The number of nitrogens with one attached hydrogen (secondary N) is 1. The maximum Gasteiger partial charge on any atom is 0.194 e. The maximum absolute atomic E-state index is 11.5. The molecule has 0 aliphatic heterocycles. The Kier molecular flexibility index (Phi) is 3.93.